The van der Waals surface area contributed by atoms with Gasteiger partial charge in [-0.3, -0.25) is 0 Å². The van der Waals surface area contributed by atoms with Crippen molar-refractivity contribution < 1.29 is 8.42 Å². The van der Waals surface area contributed by atoms with E-state index in [-0.39, 0.29) is 22.2 Å². The highest BCUT2D eigenvalue weighted by atomic mass is 32.2. The van der Waals surface area contributed by atoms with Gasteiger partial charge in [0.1, 0.15) is 0 Å². The van der Waals surface area contributed by atoms with Gasteiger partial charge in [0.2, 0.25) is 0 Å². The Morgan fingerprint density at radius 1 is 0.435 bits per heavy atom. The fraction of sp³-hybridized carbons (Fsp3) is 0.169. The Morgan fingerprint density at radius 3 is 1.74 bits per heavy atom. The first-order chi connectivity index (χ1) is 33.6. The minimum Gasteiger partial charge on any atom is -0.249 e. The van der Waals surface area contributed by atoms with Gasteiger partial charge in [-0.15, -0.1) is 0 Å². The van der Waals surface area contributed by atoms with Gasteiger partial charge in [0.25, 0.3) is 0 Å². The summed E-state index contributed by atoms with van der Waals surface area (Å²) >= 11 is 0. The maximum Gasteiger partial charge on any atom is 0.0868 e. The standard InChI is InChI=1S/C65H48O2S2/c1-63(2)49-33-37(28-31-43(49)54-51(63)35-47(39-19-9-6-10-20-39)61-56(54)45-22-12-15-25-52(45)68(61)66)27-30-41(38-17-7-5-8-18-38)40-29-32-44-50(34-40)65(4)36-64(3)48-24-14-11-21-42(48)58-60(64)59(65)55(44)57-46-23-13-16-26-53(46)69(67)62(57)58/h5-26,28-29,31-35,41H,27,30,36H2,1-4H3. The third-order valence-electron chi connectivity index (χ3n) is 17.4. The quantitative estimate of drug-likeness (QED) is 0.167. The largest absolute Gasteiger partial charge is 0.249 e. The zero-order valence-corrected chi connectivity index (χ0v) is 40.7. The highest BCUT2D eigenvalue weighted by Crippen LogP contribution is 2.72. The van der Waals surface area contributed by atoms with Crippen LogP contribution in [0.15, 0.2) is 196 Å². The van der Waals surface area contributed by atoms with Gasteiger partial charge in [-0.05, 0) is 126 Å². The van der Waals surface area contributed by atoms with E-state index in [1.807, 2.05) is 18.2 Å². The molecule has 69 heavy (non-hydrogen) atoms. The summed E-state index contributed by atoms with van der Waals surface area (Å²) in [4.78, 5) is 3.80. The van der Waals surface area contributed by atoms with Crippen molar-refractivity contribution in [2.45, 2.75) is 88.7 Å². The second kappa shape index (κ2) is 13.7. The smallest absolute Gasteiger partial charge is 0.0868 e. The van der Waals surface area contributed by atoms with Crippen molar-refractivity contribution in [3.05, 3.63) is 226 Å². The summed E-state index contributed by atoms with van der Waals surface area (Å²) in [5.41, 5.74) is 26.1. The first-order valence-corrected chi connectivity index (χ1v) is 26.9. The van der Waals surface area contributed by atoms with Crippen molar-refractivity contribution in [2.75, 3.05) is 0 Å². The van der Waals surface area contributed by atoms with Gasteiger partial charge in [-0.2, -0.15) is 0 Å². The summed E-state index contributed by atoms with van der Waals surface area (Å²) in [6.07, 6.45) is 2.87. The van der Waals surface area contributed by atoms with Crippen molar-refractivity contribution in [3.63, 3.8) is 0 Å². The lowest BCUT2D eigenvalue weighted by molar-refractivity contribution is 0.460. The van der Waals surface area contributed by atoms with Gasteiger partial charge < -0.3 is 0 Å². The van der Waals surface area contributed by atoms with Gasteiger partial charge >= 0.3 is 0 Å². The average molecular weight is 925 g/mol. The van der Waals surface area contributed by atoms with Crippen LogP contribution in [0.2, 0.25) is 0 Å². The van der Waals surface area contributed by atoms with E-state index in [0.717, 1.165) is 66.7 Å². The van der Waals surface area contributed by atoms with Crippen LogP contribution in [0.4, 0.5) is 0 Å². The van der Waals surface area contributed by atoms with Crippen LogP contribution >= 0.6 is 0 Å². The highest BCUT2D eigenvalue weighted by Gasteiger charge is 2.60. The molecule has 0 bridgehead atoms. The van der Waals surface area contributed by atoms with E-state index < -0.39 is 21.6 Å². The van der Waals surface area contributed by atoms with E-state index in [9.17, 15) is 8.42 Å². The van der Waals surface area contributed by atoms with Crippen LogP contribution < -0.4 is 0 Å². The van der Waals surface area contributed by atoms with E-state index in [1.165, 1.54) is 89.0 Å². The molecule has 9 aromatic rings. The van der Waals surface area contributed by atoms with Crippen molar-refractivity contribution in [1.82, 2.24) is 0 Å². The van der Waals surface area contributed by atoms with Crippen molar-refractivity contribution in [1.29, 1.82) is 0 Å². The van der Waals surface area contributed by atoms with E-state index in [2.05, 4.69) is 185 Å². The Labute approximate surface area is 409 Å². The molecule has 9 aromatic carbocycles. The van der Waals surface area contributed by atoms with Gasteiger partial charge in [0, 0.05) is 50.0 Å². The molecule has 0 spiro atoms. The van der Waals surface area contributed by atoms with E-state index in [0.29, 0.717) is 0 Å². The summed E-state index contributed by atoms with van der Waals surface area (Å²) < 4.78 is 29.2. The molecular weight excluding hydrogens is 877 g/mol. The number of hydrogen-bond acceptors (Lipinski definition) is 2. The summed E-state index contributed by atoms with van der Waals surface area (Å²) in [5.74, 6) is 0.181. The SMILES string of the molecule is CC1(C)c2cc(CCC(c3ccccc3)c3ccc4c(c3)C3(C)CC5(C)c6ccccc6-c6c7c(c-4c3c65)-c3ccccc3S7=O)ccc2-c2c1cc(-c1ccccc1)c1c2-c2ccccc2S1=O. The molecule has 5 atom stereocenters. The predicted molar refractivity (Wildman–Crippen MR) is 281 cm³/mol. The van der Waals surface area contributed by atoms with Gasteiger partial charge in [0.15, 0.2) is 0 Å². The molecule has 15 rings (SSSR count). The number of fused-ring (bicyclic) bond motifs is 18. The minimum absolute atomic E-state index is 0.171. The Bertz CT molecular complexity index is 3860. The molecule has 0 saturated heterocycles. The number of benzene rings is 9. The number of hydrogen-bond donors (Lipinski definition) is 0. The molecule has 332 valence electrons. The Hall–Kier alpha value is -6.72. The third-order valence-corrected chi connectivity index (χ3v) is 20.5. The number of rotatable bonds is 6. The summed E-state index contributed by atoms with van der Waals surface area (Å²) in [6.45, 7) is 9.72. The van der Waals surface area contributed by atoms with Crippen LogP contribution in [-0.4, -0.2) is 8.42 Å². The van der Waals surface area contributed by atoms with E-state index in [1.54, 1.807) is 0 Å². The minimum atomic E-state index is -1.28. The second-order valence-electron chi connectivity index (χ2n) is 21.3. The molecule has 4 heteroatoms. The molecule has 0 saturated carbocycles. The first-order valence-electron chi connectivity index (χ1n) is 24.6. The lowest BCUT2D eigenvalue weighted by atomic mass is 9.73. The third kappa shape index (κ3) is 5.01. The molecule has 0 N–H and O–H groups in total. The molecule has 2 aliphatic heterocycles. The van der Waals surface area contributed by atoms with Crippen LogP contribution in [-0.2, 0) is 44.3 Å². The van der Waals surface area contributed by atoms with Crippen LogP contribution in [0.3, 0.4) is 0 Å². The summed E-state index contributed by atoms with van der Waals surface area (Å²) in [5, 5.41) is 0. The number of aryl methyl sites for hydroxylation is 1. The normalized spacial score (nSPS) is 21.7. The molecular formula is C65H48O2S2. The maximum absolute atomic E-state index is 14.8. The van der Waals surface area contributed by atoms with Crippen molar-refractivity contribution in [3.8, 4) is 66.8 Å². The Kier molecular flexibility index (Phi) is 8.01. The lowest BCUT2D eigenvalue weighted by Gasteiger charge is -2.30. The Morgan fingerprint density at radius 2 is 1.00 bits per heavy atom. The van der Waals surface area contributed by atoms with E-state index >= 15 is 0 Å². The summed E-state index contributed by atoms with van der Waals surface area (Å²) in [7, 11) is -2.54. The molecule has 6 aliphatic rings. The molecule has 2 heterocycles. The fourth-order valence-electron chi connectivity index (χ4n) is 14.5. The summed E-state index contributed by atoms with van der Waals surface area (Å²) in [6, 6.07) is 64.4. The predicted octanol–water partition coefficient (Wildman–Crippen LogP) is 15.7. The molecule has 5 unspecified atom stereocenters. The zero-order valence-electron chi connectivity index (χ0n) is 39.1. The lowest BCUT2D eigenvalue weighted by Crippen LogP contribution is -2.24. The second-order valence-corrected chi connectivity index (χ2v) is 24.1. The monoisotopic (exact) mass is 924 g/mol. The molecule has 2 nitrogen and oxygen atoms in total. The van der Waals surface area contributed by atoms with Gasteiger partial charge in [-0.25, -0.2) is 8.42 Å². The van der Waals surface area contributed by atoms with Crippen LogP contribution in [0, 0.1) is 0 Å². The average Bonchev–Trinajstić information content (AvgIpc) is 4.13. The maximum atomic E-state index is 14.8. The highest BCUT2D eigenvalue weighted by molar-refractivity contribution is 7.86. The van der Waals surface area contributed by atoms with Crippen molar-refractivity contribution in [2.24, 2.45) is 0 Å². The van der Waals surface area contributed by atoms with Crippen LogP contribution in [0.5, 0.6) is 0 Å². The molecule has 4 aliphatic carbocycles. The van der Waals surface area contributed by atoms with Crippen molar-refractivity contribution >= 4 is 21.6 Å². The van der Waals surface area contributed by atoms with Crippen LogP contribution in [0.25, 0.3) is 66.8 Å². The van der Waals surface area contributed by atoms with Gasteiger partial charge in [0.05, 0.1) is 41.2 Å². The molecule has 0 amide bonds. The van der Waals surface area contributed by atoms with E-state index in [4.69, 9.17) is 0 Å². The van der Waals surface area contributed by atoms with Gasteiger partial charge in [-0.1, -0.05) is 185 Å². The first kappa shape index (κ1) is 40.2. The molecule has 0 fully saturated rings. The Balaban J connectivity index is 0.845. The van der Waals surface area contributed by atoms with Crippen LogP contribution in [0.1, 0.15) is 96.5 Å². The zero-order chi connectivity index (χ0) is 46.3. The topological polar surface area (TPSA) is 34.1 Å². The fourth-order valence-corrected chi connectivity index (χ4v) is 17.7. The molecule has 0 radical (unpaired) electrons. The molecule has 0 aromatic heterocycles.